The van der Waals surface area contributed by atoms with Crippen molar-refractivity contribution >= 4 is 29.4 Å². The number of rotatable bonds is 5. The van der Waals surface area contributed by atoms with Gasteiger partial charge >= 0.3 is 11.9 Å². The number of ether oxygens (including phenoxy) is 2. The number of nitrogens with two attached hydrogens (primary N) is 1. The molecule has 1 aromatic carbocycles. The van der Waals surface area contributed by atoms with Crippen molar-refractivity contribution in [3.05, 3.63) is 52.1 Å². The fourth-order valence-corrected chi connectivity index (χ4v) is 5.23. The van der Waals surface area contributed by atoms with Crippen LogP contribution < -0.4 is 11.1 Å². The first-order valence-electron chi connectivity index (χ1n) is 13.3. The van der Waals surface area contributed by atoms with Crippen LogP contribution >= 0.6 is 0 Å². The van der Waals surface area contributed by atoms with Crippen LogP contribution in [-0.2, 0) is 23.9 Å². The lowest BCUT2D eigenvalue weighted by Gasteiger charge is -2.28. The van der Waals surface area contributed by atoms with Gasteiger partial charge in [-0.15, -0.1) is 0 Å². The lowest BCUT2D eigenvalue weighted by molar-refractivity contribution is -0.384. The average Bonchev–Trinajstić information content (AvgIpc) is 3.44. The number of carbonyl (C=O) groups is 4. The SMILES string of the molecule is CCOC(=O)[C@@]12C[C@H]1/C=C\CCCCC[C@H](N)C(=O)N1C[C@H](OC(=O)c3ccc([N+](=O)[O-])cc3)C[C@H]1C(=O)N2. The Morgan fingerprint density at radius 3 is 2.64 bits per heavy atom. The highest BCUT2D eigenvalue weighted by atomic mass is 16.6. The molecule has 1 saturated heterocycles. The molecule has 210 valence electrons. The van der Waals surface area contributed by atoms with Crippen molar-refractivity contribution in [2.24, 2.45) is 11.7 Å². The maximum absolute atomic E-state index is 13.6. The molecular weight excluding hydrogens is 508 g/mol. The van der Waals surface area contributed by atoms with E-state index in [4.69, 9.17) is 15.2 Å². The predicted octanol–water partition coefficient (Wildman–Crippen LogP) is 2.01. The summed E-state index contributed by atoms with van der Waals surface area (Å²) in [5, 5.41) is 13.7. The van der Waals surface area contributed by atoms with Crippen LogP contribution in [0, 0.1) is 16.0 Å². The molecule has 3 N–H and O–H groups in total. The van der Waals surface area contributed by atoms with E-state index in [1.807, 2.05) is 12.2 Å². The smallest absolute Gasteiger partial charge is 0.338 e. The molecule has 1 aliphatic carbocycles. The van der Waals surface area contributed by atoms with E-state index in [1.165, 1.54) is 29.2 Å². The molecule has 3 aliphatic rings. The second kappa shape index (κ2) is 11.9. The molecule has 0 spiro atoms. The Hall–Kier alpha value is -3.80. The van der Waals surface area contributed by atoms with Gasteiger partial charge in [0.2, 0.25) is 11.8 Å². The minimum absolute atomic E-state index is 0.0163. The Bertz CT molecular complexity index is 1150. The number of benzene rings is 1. The molecule has 0 aromatic heterocycles. The summed E-state index contributed by atoms with van der Waals surface area (Å²) in [5.41, 5.74) is 4.95. The lowest BCUT2D eigenvalue weighted by Crippen LogP contribution is -2.55. The van der Waals surface area contributed by atoms with Crippen LogP contribution in [0.3, 0.4) is 0 Å². The van der Waals surface area contributed by atoms with E-state index in [9.17, 15) is 29.3 Å². The maximum atomic E-state index is 13.6. The molecule has 0 radical (unpaired) electrons. The van der Waals surface area contributed by atoms with E-state index in [0.717, 1.165) is 25.7 Å². The summed E-state index contributed by atoms with van der Waals surface area (Å²) in [5.74, 6) is -2.43. The number of nitro benzene ring substituents is 1. The van der Waals surface area contributed by atoms with E-state index < -0.39 is 52.4 Å². The van der Waals surface area contributed by atoms with Crippen molar-refractivity contribution in [2.45, 2.75) is 75.6 Å². The van der Waals surface area contributed by atoms with Gasteiger partial charge in [-0.1, -0.05) is 25.0 Å². The summed E-state index contributed by atoms with van der Waals surface area (Å²) in [6.07, 6.45) is 7.37. The van der Waals surface area contributed by atoms with Crippen LogP contribution in [-0.4, -0.2) is 70.5 Å². The molecule has 5 atom stereocenters. The molecule has 0 unspecified atom stereocenters. The molecule has 1 aromatic rings. The number of carbonyl (C=O) groups excluding carboxylic acids is 4. The number of allylic oxidation sites excluding steroid dienone is 1. The highest BCUT2D eigenvalue weighted by molar-refractivity contribution is 5.96. The van der Waals surface area contributed by atoms with Gasteiger partial charge in [-0.2, -0.15) is 0 Å². The lowest BCUT2D eigenvalue weighted by atomic mass is 10.1. The van der Waals surface area contributed by atoms with Crippen molar-refractivity contribution in [2.75, 3.05) is 13.2 Å². The van der Waals surface area contributed by atoms with Gasteiger partial charge in [0.1, 0.15) is 17.7 Å². The van der Waals surface area contributed by atoms with Gasteiger partial charge in [-0.3, -0.25) is 19.7 Å². The highest BCUT2D eigenvalue weighted by Gasteiger charge is 2.62. The van der Waals surface area contributed by atoms with Gasteiger partial charge in [0.15, 0.2) is 0 Å². The molecule has 4 rings (SSSR count). The van der Waals surface area contributed by atoms with Crippen molar-refractivity contribution in [1.82, 2.24) is 10.2 Å². The number of non-ortho nitro benzene ring substituents is 1. The second-order valence-corrected chi connectivity index (χ2v) is 10.2. The Morgan fingerprint density at radius 2 is 1.95 bits per heavy atom. The predicted molar refractivity (Wildman–Crippen MR) is 138 cm³/mol. The topological polar surface area (TPSA) is 171 Å². The fourth-order valence-electron chi connectivity index (χ4n) is 5.23. The first-order valence-corrected chi connectivity index (χ1v) is 13.3. The van der Waals surface area contributed by atoms with Gasteiger partial charge in [0.25, 0.3) is 5.69 Å². The summed E-state index contributed by atoms with van der Waals surface area (Å²) in [7, 11) is 0. The first-order chi connectivity index (χ1) is 18.7. The molecular formula is C27H34N4O8. The Morgan fingerprint density at radius 1 is 1.21 bits per heavy atom. The van der Waals surface area contributed by atoms with E-state index in [2.05, 4.69) is 5.32 Å². The van der Waals surface area contributed by atoms with Crippen LogP contribution in [0.1, 0.15) is 62.2 Å². The van der Waals surface area contributed by atoms with Gasteiger partial charge in [-0.05, 0) is 44.7 Å². The third-order valence-corrected chi connectivity index (χ3v) is 7.51. The van der Waals surface area contributed by atoms with Crippen LogP contribution in [0.25, 0.3) is 0 Å². The molecule has 39 heavy (non-hydrogen) atoms. The highest BCUT2D eigenvalue weighted by Crippen LogP contribution is 2.46. The zero-order valence-corrected chi connectivity index (χ0v) is 21.9. The standard InChI is InChI=1S/C27H34N4O8/c1-2-38-26(35)27-15-18(27)8-6-4-3-5-7-9-21(28)24(33)30-16-20(14-22(30)23(32)29-27)39-25(34)17-10-12-19(13-11-17)31(36)37/h6,8,10-13,18,20-22H,2-5,7,9,14-16,28H2,1H3,(H,29,32)/b8-6-/t18-,20-,21+,22+,27-/m1/s1. The van der Waals surface area contributed by atoms with E-state index in [-0.39, 0.29) is 36.7 Å². The minimum Gasteiger partial charge on any atom is -0.464 e. The Kier molecular flexibility index (Phi) is 8.63. The van der Waals surface area contributed by atoms with Crippen LogP contribution in [0.4, 0.5) is 5.69 Å². The number of hydrogen-bond acceptors (Lipinski definition) is 9. The second-order valence-electron chi connectivity index (χ2n) is 10.2. The zero-order valence-electron chi connectivity index (χ0n) is 21.9. The van der Waals surface area contributed by atoms with Crippen LogP contribution in [0.15, 0.2) is 36.4 Å². The van der Waals surface area contributed by atoms with E-state index in [0.29, 0.717) is 12.8 Å². The average molecular weight is 543 g/mol. The third kappa shape index (κ3) is 6.27. The zero-order chi connectivity index (χ0) is 28.2. The number of esters is 2. The van der Waals surface area contributed by atoms with Crippen molar-refractivity contribution in [3.8, 4) is 0 Å². The molecule has 2 aliphatic heterocycles. The quantitative estimate of drug-likeness (QED) is 0.244. The summed E-state index contributed by atoms with van der Waals surface area (Å²) in [4.78, 5) is 64.1. The van der Waals surface area contributed by atoms with E-state index in [1.54, 1.807) is 6.92 Å². The molecule has 0 bridgehead atoms. The summed E-state index contributed by atoms with van der Waals surface area (Å²) >= 11 is 0. The van der Waals surface area contributed by atoms with Crippen LogP contribution in [0.5, 0.6) is 0 Å². The van der Waals surface area contributed by atoms with Gasteiger partial charge < -0.3 is 25.4 Å². The molecule has 1 saturated carbocycles. The molecule has 12 nitrogen and oxygen atoms in total. The number of hydrogen-bond donors (Lipinski definition) is 2. The molecule has 2 fully saturated rings. The van der Waals surface area contributed by atoms with Crippen LogP contribution in [0.2, 0.25) is 0 Å². The fraction of sp³-hybridized carbons (Fsp3) is 0.556. The van der Waals surface area contributed by atoms with Gasteiger partial charge in [-0.25, -0.2) is 9.59 Å². The molecule has 12 heteroatoms. The maximum Gasteiger partial charge on any atom is 0.338 e. The Labute approximate surface area is 226 Å². The molecule has 2 heterocycles. The number of nitro groups is 1. The monoisotopic (exact) mass is 542 g/mol. The Balaban J connectivity index is 1.54. The molecule has 2 amide bonds. The first kappa shape index (κ1) is 28.2. The van der Waals surface area contributed by atoms with Crippen molar-refractivity contribution < 1.29 is 33.6 Å². The number of amides is 2. The van der Waals surface area contributed by atoms with Crippen molar-refractivity contribution in [3.63, 3.8) is 0 Å². The summed E-state index contributed by atoms with van der Waals surface area (Å²) in [6.45, 7) is 1.81. The third-order valence-electron chi connectivity index (χ3n) is 7.51. The summed E-state index contributed by atoms with van der Waals surface area (Å²) < 4.78 is 10.9. The largest absolute Gasteiger partial charge is 0.464 e. The number of fused-ring (bicyclic) bond motifs is 2. The van der Waals surface area contributed by atoms with Gasteiger partial charge in [0.05, 0.1) is 29.7 Å². The van der Waals surface area contributed by atoms with Crippen molar-refractivity contribution in [1.29, 1.82) is 0 Å². The minimum atomic E-state index is -1.20. The normalized spacial score (nSPS) is 30.1. The summed E-state index contributed by atoms with van der Waals surface area (Å²) in [6, 6.07) is 3.14. The van der Waals surface area contributed by atoms with E-state index >= 15 is 0 Å². The number of nitrogens with zero attached hydrogens (tertiary/aromatic N) is 2. The number of nitrogens with one attached hydrogen (secondary N) is 1. The van der Waals surface area contributed by atoms with Gasteiger partial charge in [0, 0.05) is 24.5 Å².